The normalized spacial score (nSPS) is 12.0. The molecule has 1 aliphatic carbocycles. The molecule has 0 heterocycles. The number of carboxylic acids is 1. The van der Waals surface area contributed by atoms with Crippen LogP contribution >= 0.6 is 0 Å². The van der Waals surface area contributed by atoms with Crippen LogP contribution in [0.4, 0.5) is 10.5 Å². The van der Waals surface area contributed by atoms with Gasteiger partial charge in [-0.3, -0.25) is 19.8 Å². The lowest BCUT2D eigenvalue weighted by molar-refractivity contribution is -0.384. The largest absolute Gasteiger partial charge is 0.480 e. The number of carbonyl (C=O) groups excluding carboxylic acids is 1. The fraction of sp³-hybridized carbons (Fsp3) is 0.167. The van der Waals surface area contributed by atoms with Crippen LogP contribution in [0.3, 0.4) is 0 Å². The number of nitro benzene ring substituents is 1. The number of non-ortho nitro benzene ring substituents is 1. The van der Waals surface area contributed by atoms with E-state index in [-0.39, 0.29) is 24.8 Å². The molecular weight excluding hydrogens is 412 g/mol. The van der Waals surface area contributed by atoms with Crippen LogP contribution < -0.4 is 0 Å². The molecule has 4 rings (SSSR count). The van der Waals surface area contributed by atoms with E-state index >= 15 is 0 Å². The average Bonchev–Trinajstić information content (AvgIpc) is 3.11. The highest BCUT2D eigenvalue weighted by Gasteiger charge is 2.30. The Hall–Kier alpha value is -4.20. The molecule has 0 saturated heterocycles. The third-order valence-corrected chi connectivity index (χ3v) is 5.44. The monoisotopic (exact) mass is 432 g/mol. The van der Waals surface area contributed by atoms with Crippen molar-refractivity contribution in [1.82, 2.24) is 4.90 Å². The van der Waals surface area contributed by atoms with Crippen LogP contribution in [0, 0.1) is 10.1 Å². The van der Waals surface area contributed by atoms with Gasteiger partial charge in [0, 0.05) is 24.6 Å². The molecule has 3 aromatic rings. The third-order valence-electron chi connectivity index (χ3n) is 5.44. The van der Waals surface area contributed by atoms with Crippen molar-refractivity contribution < 1.29 is 24.4 Å². The zero-order valence-corrected chi connectivity index (χ0v) is 17.0. The number of nitrogens with zero attached hydrogens (tertiary/aromatic N) is 2. The summed E-state index contributed by atoms with van der Waals surface area (Å²) in [5.74, 6) is -1.32. The van der Waals surface area contributed by atoms with Crippen molar-refractivity contribution >= 4 is 17.7 Å². The summed E-state index contributed by atoms with van der Waals surface area (Å²) in [6, 6.07) is 21.5. The lowest BCUT2D eigenvalue weighted by atomic mass is 9.98. The molecule has 0 aromatic heterocycles. The number of carbonyl (C=O) groups is 2. The van der Waals surface area contributed by atoms with Crippen LogP contribution in [0.2, 0.25) is 0 Å². The minimum atomic E-state index is -1.18. The lowest BCUT2D eigenvalue weighted by Gasteiger charge is -2.22. The molecular formula is C24H20N2O6. The number of amides is 1. The number of ether oxygens (including phenoxy) is 1. The van der Waals surface area contributed by atoms with Gasteiger partial charge < -0.3 is 9.84 Å². The molecule has 0 spiro atoms. The Morgan fingerprint density at radius 2 is 1.50 bits per heavy atom. The Morgan fingerprint density at radius 3 is 2.03 bits per heavy atom. The quantitative estimate of drug-likeness (QED) is 0.437. The zero-order valence-electron chi connectivity index (χ0n) is 17.0. The van der Waals surface area contributed by atoms with Crippen molar-refractivity contribution in [2.24, 2.45) is 0 Å². The summed E-state index contributed by atoms with van der Waals surface area (Å²) in [6.07, 6.45) is -0.757. The van der Waals surface area contributed by atoms with E-state index in [1.54, 1.807) is 0 Å². The third kappa shape index (κ3) is 4.29. The molecule has 162 valence electrons. The summed E-state index contributed by atoms with van der Waals surface area (Å²) in [5.41, 5.74) is 4.78. The van der Waals surface area contributed by atoms with Crippen LogP contribution in [0.15, 0.2) is 72.8 Å². The molecule has 32 heavy (non-hydrogen) atoms. The van der Waals surface area contributed by atoms with Gasteiger partial charge in [0.2, 0.25) is 0 Å². The van der Waals surface area contributed by atoms with E-state index in [9.17, 15) is 24.8 Å². The Labute approximate surface area is 183 Å². The molecule has 0 atom stereocenters. The summed E-state index contributed by atoms with van der Waals surface area (Å²) < 4.78 is 5.55. The lowest BCUT2D eigenvalue weighted by Crippen LogP contribution is -2.36. The Bertz CT molecular complexity index is 1130. The summed E-state index contributed by atoms with van der Waals surface area (Å²) in [7, 11) is 0. The second kappa shape index (κ2) is 8.89. The second-order valence-electron chi connectivity index (χ2n) is 7.48. The maximum Gasteiger partial charge on any atom is 0.410 e. The number of nitro groups is 1. The van der Waals surface area contributed by atoms with Crippen molar-refractivity contribution in [2.75, 3.05) is 13.2 Å². The minimum absolute atomic E-state index is 0.0407. The van der Waals surface area contributed by atoms with Gasteiger partial charge in [-0.25, -0.2) is 4.79 Å². The smallest absolute Gasteiger partial charge is 0.410 e. The summed E-state index contributed by atoms with van der Waals surface area (Å²) in [6.45, 7) is -0.516. The first-order chi connectivity index (χ1) is 15.4. The molecule has 0 saturated carbocycles. The number of hydrogen-bond donors (Lipinski definition) is 1. The average molecular weight is 432 g/mol. The van der Waals surface area contributed by atoms with E-state index in [4.69, 9.17) is 4.74 Å². The highest BCUT2D eigenvalue weighted by atomic mass is 16.6. The van der Waals surface area contributed by atoms with Gasteiger partial charge in [0.25, 0.3) is 5.69 Å². The highest BCUT2D eigenvalue weighted by Crippen LogP contribution is 2.44. The number of hydrogen-bond acceptors (Lipinski definition) is 5. The molecule has 8 heteroatoms. The van der Waals surface area contributed by atoms with Crippen molar-refractivity contribution in [2.45, 2.75) is 12.5 Å². The van der Waals surface area contributed by atoms with Crippen molar-refractivity contribution in [3.8, 4) is 11.1 Å². The molecule has 8 nitrogen and oxygen atoms in total. The van der Waals surface area contributed by atoms with Crippen LogP contribution in [0.1, 0.15) is 22.6 Å². The van der Waals surface area contributed by atoms with E-state index in [1.165, 1.54) is 24.3 Å². The fourth-order valence-electron chi connectivity index (χ4n) is 3.98. The van der Waals surface area contributed by atoms with E-state index < -0.39 is 23.5 Å². The van der Waals surface area contributed by atoms with Gasteiger partial charge in [0.05, 0.1) is 4.92 Å². The summed E-state index contributed by atoms with van der Waals surface area (Å²) in [5, 5.41) is 20.0. The number of aliphatic carboxylic acids is 1. The van der Waals surface area contributed by atoms with E-state index in [0.717, 1.165) is 27.2 Å². The van der Waals surface area contributed by atoms with E-state index in [0.29, 0.717) is 5.56 Å². The summed E-state index contributed by atoms with van der Waals surface area (Å²) in [4.78, 5) is 35.4. The van der Waals surface area contributed by atoms with Gasteiger partial charge in [-0.05, 0) is 27.8 Å². The Balaban J connectivity index is 1.49. The number of carboxylic acid groups (broad SMARTS) is 1. The number of rotatable bonds is 7. The Morgan fingerprint density at radius 1 is 0.938 bits per heavy atom. The van der Waals surface area contributed by atoms with Crippen LogP contribution in [0.5, 0.6) is 0 Å². The molecule has 0 bridgehead atoms. The molecule has 1 aliphatic rings. The predicted octanol–water partition coefficient (Wildman–Crippen LogP) is 4.43. The SMILES string of the molecule is O=C(O)CN(Cc1ccc([N+](=O)[O-])cc1)C(=O)OCC1c2ccccc2-c2ccccc21. The Kier molecular flexibility index (Phi) is 5.85. The van der Waals surface area contributed by atoms with Gasteiger partial charge in [-0.15, -0.1) is 0 Å². The maximum atomic E-state index is 12.8. The van der Waals surface area contributed by atoms with Gasteiger partial charge in [0.1, 0.15) is 13.2 Å². The first kappa shape index (κ1) is 21.0. The maximum absolute atomic E-state index is 12.8. The van der Waals surface area contributed by atoms with Crippen LogP contribution in [0.25, 0.3) is 11.1 Å². The molecule has 1 amide bonds. The summed E-state index contributed by atoms with van der Waals surface area (Å²) >= 11 is 0. The van der Waals surface area contributed by atoms with Crippen LogP contribution in [-0.4, -0.2) is 40.1 Å². The first-order valence-corrected chi connectivity index (χ1v) is 9.99. The van der Waals surface area contributed by atoms with Crippen LogP contribution in [-0.2, 0) is 16.1 Å². The van der Waals surface area contributed by atoms with E-state index in [2.05, 4.69) is 0 Å². The van der Waals surface area contributed by atoms with Gasteiger partial charge in [-0.2, -0.15) is 0 Å². The van der Waals surface area contributed by atoms with E-state index in [1.807, 2.05) is 48.5 Å². The predicted molar refractivity (Wildman–Crippen MR) is 116 cm³/mol. The van der Waals surface area contributed by atoms with Gasteiger partial charge in [-0.1, -0.05) is 60.7 Å². The number of fused-ring (bicyclic) bond motifs is 3. The molecule has 0 aliphatic heterocycles. The topological polar surface area (TPSA) is 110 Å². The molecule has 3 aromatic carbocycles. The standard InChI is InChI=1S/C24H20N2O6/c27-23(28)14-25(13-16-9-11-17(12-10-16)26(30)31)24(29)32-15-22-20-7-3-1-5-18(20)19-6-2-4-8-21(19)22/h1-12,22H,13-15H2,(H,27,28). The van der Waals surface area contributed by atoms with Crippen molar-refractivity contribution in [3.63, 3.8) is 0 Å². The van der Waals surface area contributed by atoms with Crippen molar-refractivity contribution in [3.05, 3.63) is 99.6 Å². The molecule has 0 radical (unpaired) electrons. The second-order valence-corrected chi connectivity index (χ2v) is 7.48. The zero-order chi connectivity index (χ0) is 22.7. The number of benzene rings is 3. The first-order valence-electron chi connectivity index (χ1n) is 9.99. The highest BCUT2D eigenvalue weighted by molar-refractivity contribution is 5.79. The molecule has 0 fully saturated rings. The molecule has 1 N–H and O–H groups in total. The van der Waals surface area contributed by atoms with Crippen molar-refractivity contribution in [1.29, 1.82) is 0 Å². The van der Waals surface area contributed by atoms with Gasteiger partial charge >= 0.3 is 12.1 Å². The molecule has 0 unspecified atom stereocenters. The minimum Gasteiger partial charge on any atom is -0.480 e. The fourth-order valence-corrected chi connectivity index (χ4v) is 3.98. The van der Waals surface area contributed by atoms with Gasteiger partial charge in [0.15, 0.2) is 0 Å².